The van der Waals surface area contributed by atoms with Crippen LogP contribution in [-0.2, 0) is 16.0 Å². The lowest BCUT2D eigenvalue weighted by molar-refractivity contribution is 0.0536. The van der Waals surface area contributed by atoms with Crippen LogP contribution in [0.2, 0.25) is 0 Å². The third-order valence-corrected chi connectivity index (χ3v) is 4.91. The third-order valence-electron chi connectivity index (χ3n) is 4.91. The minimum atomic E-state index is 0.537. The summed E-state index contributed by atoms with van der Waals surface area (Å²) in [6.45, 7) is 6.69. The van der Waals surface area contributed by atoms with E-state index < -0.39 is 0 Å². The molecule has 1 fully saturated rings. The summed E-state index contributed by atoms with van der Waals surface area (Å²) >= 11 is 0. The predicted molar refractivity (Wildman–Crippen MR) is 109 cm³/mol. The lowest BCUT2D eigenvalue weighted by Gasteiger charge is -2.21. The van der Waals surface area contributed by atoms with Crippen LogP contribution in [0, 0.1) is 12.8 Å². The van der Waals surface area contributed by atoms with Gasteiger partial charge in [-0.15, -0.1) is 0 Å². The highest BCUT2D eigenvalue weighted by Crippen LogP contribution is 2.17. The largest absolute Gasteiger partial charge is 0.382 e. The van der Waals surface area contributed by atoms with Gasteiger partial charge < -0.3 is 19.7 Å². The fraction of sp³-hybridized carbons (Fsp3) is 0.550. The Kier molecular flexibility index (Phi) is 7.39. The Morgan fingerprint density at radius 2 is 2.21 bits per heavy atom. The number of hydrogen-bond acceptors (Lipinski definition) is 5. The van der Waals surface area contributed by atoms with Gasteiger partial charge in [0.25, 0.3) is 0 Å². The van der Waals surface area contributed by atoms with Gasteiger partial charge in [-0.2, -0.15) is 0 Å². The second-order valence-electron chi connectivity index (χ2n) is 6.94. The van der Waals surface area contributed by atoms with Gasteiger partial charge in [0.05, 0.1) is 19.8 Å². The van der Waals surface area contributed by atoms with Gasteiger partial charge in [-0.1, -0.05) is 6.07 Å². The van der Waals surface area contributed by atoms with Gasteiger partial charge in [0, 0.05) is 58.3 Å². The number of pyridine rings is 1. The minimum Gasteiger partial charge on any atom is -0.382 e. The molecule has 0 bridgehead atoms. The van der Waals surface area contributed by atoms with Crippen LogP contribution in [0.4, 0.5) is 0 Å². The summed E-state index contributed by atoms with van der Waals surface area (Å²) < 4.78 is 12.7. The fourth-order valence-corrected chi connectivity index (χ4v) is 3.35. The molecule has 2 aromatic heterocycles. The van der Waals surface area contributed by atoms with E-state index in [-0.39, 0.29) is 0 Å². The lowest BCUT2D eigenvalue weighted by Crippen LogP contribution is -2.39. The number of nitrogens with zero attached hydrogens (tertiary/aromatic N) is 5. The van der Waals surface area contributed by atoms with Gasteiger partial charge in [0.1, 0.15) is 11.6 Å². The second kappa shape index (κ2) is 10.2. The minimum absolute atomic E-state index is 0.537. The third kappa shape index (κ3) is 5.30. The van der Waals surface area contributed by atoms with E-state index in [1.165, 1.54) is 0 Å². The molecule has 3 rings (SSSR count). The highest BCUT2D eigenvalue weighted by atomic mass is 16.5. The molecule has 8 nitrogen and oxygen atoms in total. The number of rotatable bonds is 8. The van der Waals surface area contributed by atoms with Gasteiger partial charge in [-0.05, 0) is 25.0 Å². The number of imidazole rings is 1. The molecule has 1 aliphatic heterocycles. The molecule has 2 aromatic rings. The average Bonchev–Trinajstić information content (AvgIpc) is 3.36. The predicted octanol–water partition coefficient (Wildman–Crippen LogP) is 1.64. The average molecular weight is 387 g/mol. The van der Waals surface area contributed by atoms with Gasteiger partial charge in [-0.25, -0.2) is 9.97 Å². The van der Waals surface area contributed by atoms with Gasteiger partial charge in [0.15, 0.2) is 5.96 Å². The number of methoxy groups -OCH3 is 1. The van der Waals surface area contributed by atoms with Crippen molar-refractivity contribution in [2.45, 2.75) is 19.9 Å². The maximum atomic E-state index is 5.67. The Balaban J connectivity index is 1.47. The molecule has 0 aliphatic carbocycles. The fourth-order valence-electron chi connectivity index (χ4n) is 3.35. The number of nitrogens with one attached hydrogen (secondary N) is 1. The molecule has 0 amide bonds. The highest BCUT2D eigenvalue weighted by molar-refractivity contribution is 5.80. The van der Waals surface area contributed by atoms with Crippen molar-refractivity contribution in [3.05, 3.63) is 42.1 Å². The molecule has 28 heavy (non-hydrogen) atoms. The Hall–Kier alpha value is -2.45. The summed E-state index contributed by atoms with van der Waals surface area (Å²) in [5.41, 5.74) is 1.11. The molecular weight excluding hydrogens is 356 g/mol. The topological polar surface area (TPSA) is 76.8 Å². The van der Waals surface area contributed by atoms with Crippen LogP contribution in [0.25, 0.3) is 5.82 Å². The molecule has 0 aromatic carbocycles. The summed E-state index contributed by atoms with van der Waals surface area (Å²) in [5.74, 6) is 3.26. The van der Waals surface area contributed by atoms with Gasteiger partial charge in [-0.3, -0.25) is 9.56 Å². The van der Waals surface area contributed by atoms with Gasteiger partial charge >= 0.3 is 0 Å². The van der Waals surface area contributed by atoms with Crippen LogP contribution < -0.4 is 5.32 Å². The number of aryl methyl sites for hydroxylation is 1. The highest BCUT2D eigenvalue weighted by Gasteiger charge is 2.24. The van der Waals surface area contributed by atoms with E-state index in [4.69, 9.17) is 9.47 Å². The Morgan fingerprint density at radius 3 is 2.89 bits per heavy atom. The molecule has 0 saturated carbocycles. The van der Waals surface area contributed by atoms with E-state index in [2.05, 4.69) is 31.2 Å². The molecule has 0 spiro atoms. The quantitative estimate of drug-likeness (QED) is 0.422. The number of ether oxygens (including phenoxy) is 2. The van der Waals surface area contributed by atoms with E-state index in [0.29, 0.717) is 25.7 Å². The molecule has 1 aliphatic rings. The van der Waals surface area contributed by atoms with Crippen molar-refractivity contribution in [3.8, 4) is 5.82 Å². The van der Waals surface area contributed by atoms with Crippen LogP contribution in [-0.4, -0.2) is 72.5 Å². The molecule has 1 atom stereocenters. The van der Waals surface area contributed by atoms with Crippen LogP contribution >= 0.6 is 0 Å². The van der Waals surface area contributed by atoms with Crippen molar-refractivity contribution in [1.29, 1.82) is 0 Å². The van der Waals surface area contributed by atoms with Crippen molar-refractivity contribution < 1.29 is 9.47 Å². The first-order valence-electron chi connectivity index (χ1n) is 9.68. The monoisotopic (exact) mass is 386 g/mol. The van der Waals surface area contributed by atoms with E-state index in [1.807, 2.05) is 37.0 Å². The maximum absolute atomic E-state index is 5.67. The summed E-state index contributed by atoms with van der Waals surface area (Å²) in [4.78, 5) is 15.5. The van der Waals surface area contributed by atoms with Crippen LogP contribution in [0.3, 0.4) is 0 Å². The summed E-state index contributed by atoms with van der Waals surface area (Å²) in [6.07, 6.45) is 6.71. The Morgan fingerprint density at radius 1 is 1.32 bits per heavy atom. The Bertz CT molecular complexity index is 758. The molecular formula is C20H30N6O2. The van der Waals surface area contributed by atoms with Crippen LogP contribution in [0.5, 0.6) is 0 Å². The SMILES string of the molecule is CN=C(NCc1ccc(-n2ccnc2C)nc1)N1CCC(COCCOC)C1. The van der Waals surface area contributed by atoms with E-state index >= 15 is 0 Å². The number of aliphatic imine (C=N–C) groups is 1. The molecule has 1 saturated heterocycles. The standard InChI is InChI=1S/C20H30N6O2/c1-16-22-7-9-26(16)19-5-4-17(12-23-19)13-24-20(21-2)25-8-6-18(14-25)15-28-11-10-27-3/h4-5,7,9,12,18H,6,8,10-11,13-15H2,1-3H3,(H,21,24). The molecule has 8 heteroatoms. The molecule has 1 N–H and O–H groups in total. The number of hydrogen-bond donors (Lipinski definition) is 1. The summed E-state index contributed by atoms with van der Waals surface area (Å²) in [7, 11) is 3.52. The van der Waals surface area contributed by atoms with Crippen molar-refractivity contribution in [1.82, 2.24) is 24.8 Å². The van der Waals surface area contributed by atoms with Crippen molar-refractivity contribution in [2.75, 3.05) is 47.1 Å². The number of aromatic nitrogens is 3. The zero-order valence-electron chi connectivity index (χ0n) is 17.0. The first-order valence-corrected chi connectivity index (χ1v) is 9.68. The summed E-state index contributed by atoms with van der Waals surface area (Å²) in [6, 6.07) is 4.09. The second-order valence-corrected chi connectivity index (χ2v) is 6.94. The first kappa shape index (κ1) is 20.3. The van der Waals surface area contributed by atoms with E-state index in [9.17, 15) is 0 Å². The maximum Gasteiger partial charge on any atom is 0.193 e. The van der Waals surface area contributed by atoms with Crippen molar-refractivity contribution in [2.24, 2.45) is 10.9 Å². The molecule has 1 unspecified atom stereocenters. The number of likely N-dealkylation sites (tertiary alicyclic amines) is 1. The van der Waals surface area contributed by atoms with Gasteiger partial charge in [0.2, 0.25) is 0 Å². The van der Waals surface area contributed by atoms with Crippen molar-refractivity contribution >= 4 is 5.96 Å². The van der Waals surface area contributed by atoms with Crippen molar-refractivity contribution in [3.63, 3.8) is 0 Å². The zero-order valence-corrected chi connectivity index (χ0v) is 17.0. The zero-order chi connectivity index (χ0) is 19.8. The number of guanidine groups is 1. The van der Waals surface area contributed by atoms with Crippen LogP contribution in [0.15, 0.2) is 35.7 Å². The van der Waals surface area contributed by atoms with E-state index in [1.54, 1.807) is 13.3 Å². The van der Waals surface area contributed by atoms with Crippen LogP contribution in [0.1, 0.15) is 17.8 Å². The van der Waals surface area contributed by atoms with E-state index in [0.717, 1.165) is 49.3 Å². The Labute approximate surface area is 166 Å². The normalized spacial score (nSPS) is 17.3. The molecule has 152 valence electrons. The molecule has 0 radical (unpaired) electrons. The smallest absolute Gasteiger partial charge is 0.193 e. The molecule has 3 heterocycles. The summed E-state index contributed by atoms with van der Waals surface area (Å²) in [5, 5.41) is 3.45. The lowest BCUT2D eigenvalue weighted by atomic mass is 10.1. The first-order chi connectivity index (χ1) is 13.7.